The first-order valence-corrected chi connectivity index (χ1v) is 7.30. The van der Waals surface area contributed by atoms with Crippen molar-refractivity contribution in [1.82, 2.24) is 5.32 Å². The quantitative estimate of drug-likeness (QED) is 0.839. The summed E-state index contributed by atoms with van der Waals surface area (Å²) in [6.07, 6.45) is 5.04. The third-order valence-electron chi connectivity index (χ3n) is 4.19. The maximum Gasteiger partial charge on any atom is 0.253 e. The third-order valence-corrected chi connectivity index (χ3v) is 4.19. The van der Waals surface area contributed by atoms with Crippen molar-refractivity contribution >= 4 is 22.4 Å². The van der Waals surface area contributed by atoms with E-state index in [1.54, 1.807) is 0 Å². The van der Waals surface area contributed by atoms with Crippen LogP contribution in [0.4, 0.5) is 5.69 Å². The summed E-state index contributed by atoms with van der Waals surface area (Å²) in [7, 11) is 0. The van der Waals surface area contributed by atoms with E-state index < -0.39 is 0 Å². The molecule has 1 fully saturated rings. The second kappa shape index (κ2) is 5.53. The molecule has 1 amide bonds. The van der Waals surface area contributed by atoms with Crippen molar-refractivity contribution in [3.8, 4) is 0 Å². The monoisotopic (exact) mass is 268 g/mol. The first-order valence-electron chi connectivity index (χ1n) is 7.30. The van der Waals surface area contributed by atoms with E-state index in [2.05, 4.69) is 5.32 Å². The van der Waals surface area contributed by atoms with Crippen LogP contribution in [-0.2, 0) is 0 Å². The van der Waals surface area contributed by atoms with Crippen molar-refractivity contribution in [2.45, 2.75) is 25.7 Å². The number of benzene rings is 2. The summed E-state index contributed by atoms with van der Waals surface area (Å²) in [4.78, 5) is 12.3. The van der Waals surface area contributed by atoms with Crippen LogP contribution in [0.3, 0.4) is 0 Å². The van der Waals surface area contributed by atoms with Gasteiger partial charge in [-0.1, -0.05) is 37.1 Å². The zero-order valence-corrected chi connectivity index (χ0v) is 11.6. The van der Waals surface area contributed by atoms with Gasteiger partial charge in [-0.2, -0.15) is 0 Å². The molecule has 1 aliphatic rings. The molecule has 0 spiro atoms. The number of fused-ring (bicyclic) bond motifs is 1. The highest BCUT2D eigenvalue weighted by atomic mass is 16.1. The second-order valence-corrected chi connectivity index (χ2v) is 5.65. The minimum Gasteiger partial charge on any atom is -0.398 e. The third kappa shape index (κ3) is 2.62. The molecule has 0 heterocycles. The van der Waals surface area contributed by atoms with Gasteiger partial charge in [0.2, 0.25) is 0 Å². The molecular formula is C17H20N2O. The molecule has 1 saturated carbocycles. The highest BCUT2D eigenvalue weighted by molar-refractivity contribution is 6.03. The number of nitrogen functional groups attached to an aromatic ring is 1. The molecule has 1 aliphatic carbocycles. The fraction of sp³-hybridized carbons (Fsp3) is 0.353. The average molecular weight is 268 g/mol. The van der Waals surface area contributed by atoms with Gasteiger partial charge >= 0.3 is 0 Å². The number of carbonyl (C=O) groups excluding carboxylic acids is 1. The molecule has 0 radical (unpaired) electrons. The average Bonchev–Trinajstić information content (AvgIpc) is 2.97. The van der Waals surface area contributed by atoms with Gasteiger partial charge in [0.05, 0.1) is 5.56 Å². The highest BCUT2D eigenvalue weighted by Gasteiger charge is 2.17. The van der Waals surface area contributed by atoms with Crippen LogP contribution in [0, 0.1) is 5.92 Å². The summed E-state index contributed by atoms with van der Waals surface area (Å²) in [6.45, 7) is 0.769. The first kappa shape index (κ1) is 13.0. The number of rotatable bonds is 3. The zero-order chi connectivity index (χ0) is 13.9. The Morgan fingerprint density at radius 3 is 2.50 bits per heavy atom. The van der Waals surface area contributed by atoms with E-state index >= 15 is 0 Å². The van der Waals surface area contributed by atoms with Crippen molar-refractivity contribution in [2.24, 2.45) is 5.92 Å². The number of nitrogens with two attached hydrogens (primary N) is 1. The molecule has 0 saturated heterocycles. The van der Waals surface area contributed by atoms with Gasteiger partial charge in [-0.25, -0.2) is 0 Å². The lowest BCUT2D eigenvalue weighted by atomic mass is 10.0. The van der Waals surface area contributed by atoms with E-state index in [-0.39, 0.29) is 5.91 Å². The van der Waals surface area contributed by atoms with Crippen molar-refractivity contribution in [1.29, 1.82) is 0 Å². The largest absolute Gasteiger partial charge is 0.398 e. The van der Waals surface area contributed by atoms with Crippen molar-refractivity contribution < 1.29 is 4.79 Å². The first-order chi connectivity index (χ1) is 9.74. The Bertz CT molecular complexity index is 630. The minimum absolute atomic E-state index is 0.0554. The fourth-order valence-electron chi connectivity index (χ4n) is 3.00. The highest BCUT2D eigenvalue weighted by Crippen LogP contribution is 2.25. The van der Waals surface area contributed by atoms with Crippen LogP contribution in [0.2, 0.25) is 0 Å². The molecule has 0 unspecified atom stereocenters. The van der Waals surface area contributed by atoms with Crippen LogP contribution < -0.4 is 11.1 Å². The smallest absolute Gasteiger partial charge is 0.253 e. The molecule has 0 atom stereocenters. The zero-order valence-electron chi connectivity index (χ0n) is 11.6. The summed E-state index contributed by atoms with van der Waals surface area (Å²) in [5, 5.41) is 5.14. The van der Waals surface area contributed by atoms with Gasteiger partial charge < -0.3 is 11.1 Å². The van der Waals surface area contributed by atoms with Gasteiger partial charge in [-0.3, -0.25) is 4.79 Å². The van der Waals surface area contributed by atoms with E-state index in [1.807, 2.05) is 36.4 Å². The van der Waals surface area contributed by atoms with Gasteiger partial charge in [0.1, 0.15) is 0 Å². The van der Waals surface area contributed by atoms with E-state index in [9.17, 15) is 4.79 Å². The molecule has 3 N–H and O–H groups in total. The number of nitrogens with one attached hydrogen (secondary N) is 1. The maximum absolute atomic E-state index is 12.3. The number of hydrogen-bond donors (Lipinski definition) is 2. The van der Waals surface area contributed by atoms with E-state index in [1.165, 1.54) is 25.7 Å². The van der Waals surface area contributed by atoms with Crippen LogP contribution in [-0.4, -0.2) is 12.5 Å². The lowest BCUT2D eigenvalue weighted by Gasteiger charge is -2.12. The maximum atomic E-state index is 12.3. The molecule has 104 valence electrons. The molecule has 3 heteroatoms. The molecular weight excluding hydrogens is 248 g/mol. The topological polar surface area (TPSA) is 55.1 Å². The number of amides is 1. The van der Waals surface area contributed by atoms with Gasteiger partial charge in [0.25, 0.3) is 5.91 Å². The van der Waals surface area contributed by atoms with Gasteiger partial charge in [0, 0.05) is 12.2 Å². The molecule has 2 aromatic rings. The Balaban J connectivity index is 1.77. The Morgan fingerprint density at radius 2 is 1.80 bits per heavy atom. The SMILES string of the molecule is Nc1cc2ccccc2cc1C(=O)NCC1CCCC1. The van der Waals surface area contributed by atoms with Crippen LogP contribution >= 0.6 is 0 Å². The Hall–Kier alpha value is -2.03. The Kier molecular flexibility index (Phi) is 3.59. The molecule has 3 nitrogen and oxygen atoms in total. The van der Waals surface area contributed by atoms with Gasteiger partial charge in [-0.05, 0) is 41.7 Å². The summed E-state index contributed by atoms with van der Waals surface area (Å²) in [6, 6.07) is 11.7. The molecule has 3 rings (SSSR count). The van der Waals surface area contributed by atoms with Crippen molar-refractivity contribution in [3.63, 3.8) is 0 Å². The standard InChI is InChI=1S/C17H20N2O/c18-16-10-14-8-4-3-7-13(14)9-15(16)17(20)19-11-12-5-1-2-6-12/h3-4,7-10,12H,1-2,5-6,11,18H2,(H,19,20). The summed E-state index contributed by atoms with van der Waals surface area (Å²) < 4.78 is 0. The number of anilines is 1. The van der Waals surface area contributed by atoms with E-state index in [0.29, 0.717) is 17.2 Å². The predicted octanol–water partition coefficient (Wildman–Crippen LogP) is 3.34. The fourth-order valence-corrected chi connectivity index (χ4v) is 3.00. The van der Waals surface area contributed by atoms with Crippen LogP contribution in [0.25, 0.3) is 10.8 Å². The summed E-state index contributed by atoms with van der Waals surface area (Å²) in [5.41, 5.74) is 7.14. The van der Waals surface area contributed by atoms with Gasteiger partial charge in [-0.15, -0.1) is 0 Å². The Morgan fingerprint density at radius 1 is 1.15 bits per heavy atom. The second-order valence-electron chi connectivity index (χ2n) is 5.65. The van der Waals surface area contributed by atoms with Crippen LogP contribution in [0.15, 0.2) is 36.4 Å². The van der Waals surface area contributed by atoms with Crippen LogP contribution in [0.5, 0.6) is 0 Å². The molecule has 20 heavy (non-hydrogen) atoms. The van der Waals surface area contributed by atoms with E-state index in [4.69, 9.17) is 5.73 Å². The molecule has 2 aromatic carbocycles. The molecule has 0 bridgehead atoms. The predicted molar refractivity (Wildman–Crippen MR) is 82.7 cm³/mol. The lowest BCUT2D eigenvalue weighted by Crippen LogP contribution is -2.28. The molecule has 0 aromatic heterocycles. The van der Waals surface area contributed by atoms with E-state index in [0.717, 1.165) is 17.3 Å². The number of hydrogen-bond acceptors (Lipinski definition) is 2. The Labute approximate surface area is 119 Å². The lowest BCUT2D eigenvalue weighted by molar-refractivity contribution is 0.0948. The molecule has 0 aliphatic heterocycles. The summed E-state index contributed by atoms with van der Waals surface area (Å²) >= 11 is 0. The van der Waals surface area contributed by atoms with Crippen molar-refractivity contribution in [2.75, 3.05) is 12.3 Å². The minimum atomic E-state index is -0.0554. The van der Waals surface area contributed by atoms with Gasteiger partial charge in [0.15, 0.2) is 0 Å². The van der Waals surface area contributed by atoms with Crippen LogP contribution in [0.1, 0.15) is 36.0 Å². The van der Waals surface area contributed by atoms with Crippen molar-refractivity contribution in [3.05, 3.63) is 42.0 Å². The normalized spacial score (nSPS) is 15.6. The number of carbonyl (C=O) groups is 1. The summed E-state index contributed by atoms with van der Waals surface area (Å²) in [5.74, 6) is 0.584.